The number of carbonyl (C=O) groups is 1. The summed E-state index contributed by atoms with van der Waals surface area (Å²) in [5, 5.41) is 0. The van der Waals surface area contributed by atoms with E-state index >= 15 is 0 Å². The summed E-state index contributed by atoms with van der Waals surface area (Å²) in [4.78, 5) is 17.8. The van der Waals surface area contributed by atoms with Gasteiger partial charge in [-0.15, -0.1) is 12.4 Å². The maximum Gasteiger partial charge on any atom is 0.338 e. The van der Waals surface area contributed by atoms with Gasteiger partial charge in [0.15, 0.2) is 0 Å². The SMILES string of the molecule is COC(=O)c1ccnc(N2CCC[C@H](N)C2)c1.Cl. The second-order valence-electron chi connectivity index (χ2n) is 4.24. The molecule has 1 fully saturated rings. The van der Waals surface area contributed by atoms with Crippen LogP contribution in [0.25, 0.3) is 0 Å². The van der Waals surface area contributed by atoms with Crippen molar-refractivity contribution in [2.45, 2.75) is 18.9 Å². The van der Waals surface area contributed by atoms with Crippen LogP contribution in [0.2, 0.25) is 0 Å². The molecule has 0 saturated carbocycles. The molecule has 0 aliphatic carbocycles. The van der Waals surface area contributed by atoms with Crippen LogP contribution < -0.4 is 10.6 Å². The van der Waals surface area contributed by atoms with Crippen LogP contribution in [0.4, 0.5) is 5.82 Å². The number of methoxy groups -OCH3 is 1. The zero-order chi connectivity index (χ0) is 12.3. The number of anilines is 1. The van der Waals surface area contributed by atoms with E-state index in [9.17, 15) is 4.79 Å². The van der Waals surface area contributed by atoms with Crippen molar-refractivity contribution >= 4 is 24.2 Å². The van der Waals surface area contributed by atoms with Gasteiger partial charge in [0, 0.05) is 25.3 Å². The number of carbonyl (C=O) groups excluding carboxylic acids is 1. The Hall–Kier alpha value is -1.33. The van der Waals surface area contributed by atoms with E-state index in [1.165, 1.54) is 7.11 Å². The summed E-state index contributed by atoms with van der Waals surface area (Å²) in [7, 11) is 1.37. The number of rotatable bonds is 2. The molecule has 1 saturated heterocycles. The molecular weight excluding hydrogens is 254 g/mol. The van der Waals surface area contributed by atoms with Crippen LogP contribution in [0, 0.1) is 0 Å². The third kappa shape index (κ3) is 3.34. The minimum absolute atomic E-state index is 0. The number of hydrogen-bond donors (Lipinski definition) is 1. The first-order valence-corrected chi connectivity index (χ1v) is 5.75. The van der Waals surface area contributed by atoms with Gasteiger partial charge in [0.25, 0.3) is 0 Å². The number of nitrogens with two attached hydrogens (primary N) is 1. The van der Waals surface area contributed by atoms with Crippen molar-refractivity contribution in [2.24, 2.45) is 5.73 Å². The first kappa shape index (κ1) is 14.7. The van der Waals surface area contributed by atoms with Gasteiger partial charge < -0.3 is 15.4 Å². The van der Waals surface area contributed by atoms with E-state index in [-0.39, 0.29) is 24.4 Å². The number of nitrogens with zero attached hydrogens (tertiary/aromatic N) is 2. The van der Waals surface area contributed by atoms with Crippen molar-refractivity contribution in [2.75, 3.05) is 25.1 Å². The van der Waals surface area contributed by atoms with Gasteiger partial charge in [0.05, 0.1) is 12.7 Å². The van der Waals surface area contributed by atoms with Gasteiger partial charge >= 0.3 is 5.97 Å². The molecule has 0 radical (unpaired) electrons. The molecule has 2 heterocycles. The van der Waals surface area contributed by atoms with Gasteiger partial charge in [-0.3, -0.25) is 0 Å². The summed E-state index contributed by atoms with van der Waals surface area (Å²) in [6.45, 7) is 1.73. The lowest BCUT2D eigenvalue weighted by atomic mass is 10.1. The first-order valence-electron chi connectivity index (χ1n) is 5.75. The Bertz CT molecular complexity index is 414. The molecule has 1 atom stereocenters. The van der Waals surface area contributed by atoms with Crippen LogP contribution in [0.15, 0.2) is 18.3 Å². The van der Waals surface area contributed by atoms with E-state index < -0.39 is 0 Å². The number of aromatic nitrogens is 1. The Balaban J connectivity index is 0.00000162. The second-order valence-corrected chi connectivity index (χ2v) is 4.24. The number of halogens is 1. The lowest BCUT2D eigenvalue weighted by molar-refractivity contribution is 0.0600. The van der Waals surface area contributed by atoms with Gasteiger partial charge in [-0.2, -0.15) is 0 Å². The van der Waals surface area contributed by atoms with Gasteiger partial charge in [-0.25, -0.2) is 9.78 Å². The fourth-order valence-corrected chi connectivity index (χ4v) is 2.05. The molecule has 1 aliphatic rings. The number of ether oxygens (including phenoxy) is 1. The molecule has 0 unspecified atom stereocenters. The van der Waals surface area contributed by atoms with Crippen LogP contribution >= 0.6 is 12.4 Å². The highest BCUT2D eigenvalue weighted by molar-refractivity contribution is 5.90. The average molecular weight is 272 g/mol. The van der Waals surface area contributed by atoms with Crippen LogP contribution in [0.5, 0.6) is 0 Å². The smallest absolute Gasteiger partial charge is 0.338 e. The van der Waals surface area contributed by atoms with Crippen molar-refractivity contribution in [3.63, 3.8) is 0 Å². The van der Waals surface area contributed by atoms with Crippen molar-refractivity contribution in [1.82, 2.24) is 4.98 Å². The topological polar surface area (TPSA) is 68.5 Å². The molecule has 0 aromatic carbocycles. The molecule has 1 aromatic heterocycles. The molecule has 0 spiro atoms. The summed E-state index contributed by atoms with van der Waals surface area (Å²) < 4.78 is 4.69. The van der Waals surface area contributed by atoms with Crippen LogP contribution in [0.3, 0.4) is 0 Å². The molecule has 1 aliphatic heterocycles. The Morgan fingerprint density at radius 3 is 3.06 bits per heavy atom. The van der Waals surface area contributed by atoms with E-state index in [1.54, 1.807) is 18.3 Å². The molecule has 1 aromatic rings. The molecular formula is C12H18ClN3O2. The van der Waals surface area contributed by atoms with Crippen molar-refractivity contribution in [3.8, 4) is 0 Å². The minimum Gasteiger partial charge on any atom is -0.465 e. The predicted molar refractivity (Wildman–Crippen MR) is 72.2 cm³/mol. The maximum absolute atomic E-state index is 11.4. The highest BCUT2D eigenvalue weighted by Crippen LogP contribution is 2.18. The molecule has 6 heteroatoms. The Kier molecular flexibility index (Phi) is 5.37. The molecule has 2 rings (SSSR count). The summed E-state index contributed by atoms with van der Waals surface area (Å²) in [6, 6.07) is 3.59. The molecule has 18 heavy (non-hydrogen) atoms. The second kappa shape index (κ2) is 6.56. The number of piperidine rings is 1. The van der Waals surface area contributed by atoms with Crippen molar-refractivity contribution in [1.29, 1.82) is 0 Å². The van der Waals surface area contributed by atoms with Crippen LogP contribution in [-0.4, -0.2) is 37.2 Å². The van der Waals surface area contributed by atoms with E-state index in [0.717, 1.165) is 31.7 Å². The molecule has 2 N–H and O–H groups in total. The van der Waals surface area contributed by atoms with Crippen molar-refractivity contribution in [3.05, 3.63) is 23.9 Å². The number of esters is 1. The Morgan fingerprint density at radius 2 is 2.39 bits per heavy atom. The summed E-state index contributed by atoms with van der Waals surface area (Å²) in [6.07, 6.45) is 3.74. The first-order chi connectivity index (χ1) is 8.20. The zero-order valence-electron chi connectivity index (χ0n) is 10.3. The quantitative estimate of drug-likeness (QED) is 0.819. The van der Waals surface area contributed by atoms with Gasteiger partial charge in [0.1, 0.15) is 5.82 Å². The predicted octanol–water partition coefficient (Wildman–Crippen LogP) is 1.22. The van der Waals surface area contributed by atoms with E-state index in [4.69, 9.17) is 5.73 Å². The molecule has 0 bridgehead atoms. The van der Waals surface area contributed by atoms with Crippen molar-refractivity contribution < 1.29 is 9.53 Å². The highest BCUT2D eigenvalue weighted by atomic mass is 35.5. The Morgan fingerprint density at radius 1 is 1.61 bits per heavy atom. The fourth-order valence-electron chi connectivity index (χ4n) is 2.05. The van der Waals surface area contributed by atoms with E-state index in [2.05, 4.69) is 14.6 Å². The monoisotopic (exact) mass is 271 g/mol. The molecule has 100 valence electrons. The van der Waals surface area contributed by atoms with E-state index in [1.807, 2.05) is 0 Å². The fraction of sp³-hybridized carbons (Fsp3) is 0.500. The minimum atomic E-state index is -0.338. The third-order valence-corrected chi connectivity index (χ3v) is 2.95. The molecule has 0 amide bonds. The summed E-state index contributed by atoms with van der Waals surface area (Å²) in [5.74, 6) is 0.456. The Labute approximate surface area is 113 Å². The normalized spacial score (nSPS) is 19.0. The molecule has 5 nitrogen and oxygen atoms in total. The maximum atomic E-state index is 11.4. The summed E-state index contributed by atoms with van der Waals surface area (Å²) >= 11 is 0. The van der Waals surface area contributed by atoms with Crippen LogP contribution in [0.1, 0.15) is 23.2 Å². The largest absolute Gasteiger partial charge is 0.465 e. The highest BCUT2D eigenvalue weighted by Gasteiger charge is 2.18. The zero-order valence-corrected chi connectivity index (χ0v) is 11.2. The van der Waals surface area contributed by atoms with Gasteiger partial charge in [0.2, 0.25) is 0 Å². The standard InChI is InChI=1S/C12H17N3O2.ClH/c1-17-12(16)9-4-5-14-11(7-9)15-6-2-3-10(13)8-15;/h4-5,7,10H,2-3,6,8,13H2,1H3;1H/t10-;/m0./s1. The summed E-state index contributed by atoms with van der Waals surface area (Å²) in [5.41, 5.74) is 6.45. The lowest BCUT2D eigenvalue weighted by Gasteiger charge is -2.31. The van der Waals surface area contributed by atoms with Crippen LogP contribution in [-0.2, 0) is 4.74 Å². The van der Waals surface area contributed by atoms with E-state index in [0.29, 0.717) is 5.56 Å². The van der Waals surface area contributed by atoms with Gasteiger partial charge in [-0.05, 0) is 25.0 Å². The lowest BCUT2D eigenvalue weighted by Crippen LogP contribution is -2.43. The third-order valence-electron chi connectivity index (χ3n) is 2.95. The van der Waals surface area contributed by atoms with Gasteiger partial charge in [-0.1, -0.05) is 0 Å². The number of pyridine rings is 1. The average Bonchev–Trinajstić information content (AvgIpc) is 2.38. The number of hydrogen-bond acceptors (Lipinski definition) is 5.